The Bertz CT molecular complexity index is 272. The van der Waals surface area contributed by atoms with Gasteiger partial charge in [0.25, 0.3) is 0 Å². The van der Waals surface area contributed by atoms with Gasteiger partial charge in [0.15, 0.2) is 0 Å². The molecular formula is C8H11N3S. The van der Waals surface area contributed by atoms with E-state index in [1.54, 1.807) is 0 Å². The summed E-state index contributed by atoms with van der Waals surface area (Å²) in [6.07, 6.45) is 2.71. The Hall–Kier alpha value is -0.480. The second-order valence-corrected chi connectivity index (χ2v) is 4.34. The maximum absolute atomic E-state index is 4.14. The third kappa shape index (κ3) is 0.912. The molecule has 12 heavy (non-hydrogen) atoms. The molecule has 2 aliphatic heterocycles. The molecule has 2 aliphatic rings. The lowest BCUT2D eigenvalue weighted by Crippen LogP contribution is -2.22. The van der Waals surface area contributed by atoms with Gasteiger partial charge in [-0.3, -0.25) is 4.90 Å². The topological polar surface area (TPSA) is 29.0 Å². The Balaban J connectivity index is 1.87. The molecule has 2 fully saturated rings. The third-order valence-corrected chi connectivity index (χ3v) is 3.56. The van der Waals surface area contributed by atoms with Crippen molar-refractivity contribution in [3.63, 3.8) is 0 Å². The predicted octanol–water partition coefficient (Wildman–Crippen LogP) is 1.30. The molecule has 0 amide bonds. The smallest absolute Gasteiger partial charge is 0.0927 e. The molecule has 1 aromatic heterocycles. The molecule has 3 unspecified atom stereocenters. The molecule has 2 bridgehead atoms. The number of fused-ring (bicyclic) bond motifs is 2. The minimum atomic E-state index is 0.600. The van der Waals surface area contributed by atoms with E-state index in [1.807, 2.05) is 0 Å². The van der Waals surface area contributed by atoms with E-state index in [0.717, 1.165) is 5.92 Å². The van der Waals surface area contributed by atoms with Gasteiger partial charge in [-0.15, -0.1) is 5.10 Å². The van der Waals surface area contributed by atoms with Crippen molar-refractivity contribution in [3.05, 3.63) is 11.1 Å². The van der Waals surface area contributed by atoms with E-state index in [1.165, 1.54) is 43.2 Å². The van der Waals surface area contributed by atoms with Crippen LogP contribution in [0.4, 0.5) is 0 Å². The van der Waals surface area contributed by atoms with E-state index in [0.29, 0.717) is 6.04 Å². The highest BCUT2D eigenvalue weighted by Crippen LogP contribution is 2.41. The van der Waals surface area contributed by atoms with Gasteiger partial charge in [0.1, 0.15) is 0 Å². The molecule has 0 aromatic carbocycles. The number of nitrogens with zero attached hydrogens (tertiary/aromatic N) is 3. The second kappa shape index (κ2) is 2.50. The maximum Gasteiger partial charge on any atom is 0.0927 e. The molecule has 3 nitrogen and oxygen atoms in total. The summed E-state index contributed by atoms with van der Waals surface area (Å²) in [7, 11) is 0. The van der Waals surface area contributed by atoms with Crippen LogP contribution in [0.2, 0.25) is 0 Å². The summed E-state index contributed by atoms with van der Waals surface area (Å²) in [5.74, 6) is 0.941. The molecule has 0 radical (unpaired) electrons. The highest BCUT2D eigenvalue weighted by molar-refractivity contribution is 7.03. The summed E-state index contributed by atoms with van der Waals surface area (Å²) in [4.78, 5) is 2.54. The lowest BCUT2D eigenvalue weighted by molar-refractivity contribution is 0.261. The number of rotatable bonds is 1. The van der Waals surface area contributed by atoms with Crippen LogP contribution in [0, 0.1) is 5.92 Å². The average molecular weight is 181 g/mol. The van der Waals surface area contributed by atoms with Crippen LogP contribution in [0.3, 0.4) is 0 Å². The quantitative estimate of drug-likeness (QED) is 0.654. The first-order chi connectivity index (χ1) is 5.93. The zero-order valence-corrected chi connectivity index (χ0v) is 7.63. The van der Waals surface area contributed by atoms with Gasteiger partial charge >= 0.3 is 0 Å². The second-order valence-electron chi connectivity index (χ2n) is 3.73. The van der Waals surface area contributed by atoms with Crippen LogP contribution in [-0.2, 0) is 0 Å². The first-order valence-corrected chi connectivity index (χ1v) is 5.28. The Morgan fingerprint density at radius 2 is 2.58 bits per heavy atom. The molecule has 3 rings (SSSR count). The van der Waals surface area contributed by atoms with E-state index in [2.05, 4.69) is 19.9 Å². The number of aromatic nitrogens is 2. The Labute approximate surface area is 75.6 Å². The van der Waals surface area contributed by atoms with Gasteiger partial charge in [-0.25, -0.2) is 0 Å². The van der Waals surface area contributed by atoms with Crippen molar-refractivity contribution in [2.24, 2.45) is 5.92 Å². The largest absolute Gasteiger partial charge is 0.294 e. The van der Waals surface area contributed by atoms with Crippen LogP contribution in [0.25, 0.3) is 0 Å². The Kier molecular flexibility index (Phi) is 1.45. The fourth-order valence-corrected chi connectivity index (χ4v) is 2.93. The zero-order chi connectivity index (χ0) is 7.97. The number of piperidine rings is 1. The monoisotopic (exact) mass is 181 g/mol. The molecule has 0 saturated carbocycles. The highest BCUT2D eigenvalue weighted by atomic mass is 32.1. The van der Waals surface area contributed by atoms with Gasteiger partial charge in [-0.1, -0.05) is 4.49 Å². The van der Waals surface area contributed by atoms with Crippen molar-refractivity contribution in [3.8, 4) is 0 Å². The van der Waals surface area contributed by atoms with Gasteiger partial charge in [0.2, 0.25) is 0 Å². The zero-order valence-electron chi connectivity index (χ0n) is 6.81. The van der Waals surface area contributed by atoms with E-state index >= 15 is 0 Å². The molecule has 3 atom stereocenters. The van der Waals surface area contributed by atoms with Gasteiger partial charge in [-0.05, 0) is 36.8 Å². The van der Waals surface area contributed by atoms with Crippen molar-refractivity contribution in [1.29, 1.82) is 0 Å². The van der Waals surface area contributed by atoms with Gasteiger partial charge < -0.3 is 0 Å². The normalized spacial score (nSPS) is 39.2. The summed E-state index contributed by atoms with van der Waals surface area (Å²) in [6, 6.07) is 0.600. The van der Waals surface area contributed by atoms with Gasteiger partial charge in [0.05, 0.1) is 11.7 Å². The van der Waals surface area contributed by atoms with E-state index < -0.39 is 0 Å². The summed E-state index contributed by atoms with van der Waals surface area (Å²) < 4.78 is 3.92. The number of hydrogen-bond donors (Lipinski definition) is 0. The fraction of sp³-hybridized carbons (Fsp3) is 0.750. The van der Waals surface area contributed by atoms with Crippen LogP contribution >= 0.6 is 11.5 Å². The molecule has 1 aromatic rings. The first kappa shape index (κ1) is 6.97. The van der Waals surface area contributed by atoms with Crippen molar-refractivity contribution in [2.75, 3.05) is 13.1 Å². The summed E-state index contributed by atoms with van der Waals surface area (Å²) in [5.41, 5.74) is 1.20. The van der Waals surface area contributed by atoms with E-state index in [-0.39, 0.29) is 0 Å². The maximum atomic E-state index is 4.14. The minimum absolute atomic E-state index is 0.600. The molecule has 4 heteroatoms. The molecular weight excluding hydrogens is 170 g/mol. The third-order valence-electron chi connectivity index (χ3n) is 3.03. The van der Waals surface area contributed by atoms with Crippen LogP contribution in [0.15, 0.2) is 5.38 Å². The van der Waals surface area contributed by atoms with Crippen molar-refractivity contribution < 1.29 is 0 Å². The summed E-state index contributed by atoms with van der Waals surface area (Å²) in [5, 5.41) is 6.23. The Morgan fingerprint density at radius 1 is 1.58 bits per heavy atom. The average Bonchev–Trinajstić information content (AvgIpc) is 2.81. The lowest BCUT2D eigenvalue weighted by atomic mass is 9.99. The lowest BCUT2D eigenvalue weighted by Gasteiger charge is -2.22. The van der Waals surface area contributed by atoms with Crippen LogP contribution in [0.1, 0.15) is 24.6 Å². The molecule has 0 aliphatic carbocycles. The highest BCUT2D eigenvalue weighted by Gasteiger charge is 2.39. The number of hydrogen-bond acceptors (Lipinski definition) is 4. The molecule has 0 spiro atoms. The Morgan fingerprint density at radius 3 is 3.17 bits per heavy atom. The summed E-state index contributed by atoms with van der Waals surface area (Å²) >= 11 is 1.47. The van der Waals surface area contributed by atoms with Gasteiger partial charge in [0, 0.05) is 11.9 Å². The standard InChI is InChI=1S/C8H11N3S/c1-2-11-4-6(1)3-8(11)7-5-12-10-9-7/h5-6,8H,1-4H2. The molecule has 2 saturated heterocycles. The van der Waals surface area contributed by atoms with E-state index in [4.69, 9.17) is 0 Å². The van der Waals surface area contributed by atoms with E-state index in [9.17, 15) is 0 Å². The fourth-order valence-electron chi connectivity index (χ4n) is 2.43. The molecule has 64 valence electrons. The van der Waals surface area contributed by atoms with Crippen LogP contribution < -0.4 is 0 Å². The van der Waals surface area contributed by atoms with Crippen LogP contribution in [0.5, 0.6) is 0 Å². The van der Waals surface area contributed by atoms with Gasteiger partial charge in [-0.2, -0.15) is 0 Å². The van der Waals surface area contributed by atoms with Crippen molar-refractivity contribution in [2.45, 2.75) is 18.9 Å². The first-order valence-electron chi connectivity index (χ1n) is 4.44. The minimum Gasteiger partial charge on any atom is -0.294 e. The van der Waals surface area contributed by atoms with Crippen molar-refractivity contribution >= 4 is 11.5 Å². The molecule has 3 heterocycles. The van der Waals surface area contributed by atoms with Crippen LogP contribution in [-0.4, -0.2) is 27.6 Å². The molecule has 0 N–H and O–H groups in total. The predicted molar refractivity (Wildman–Crippen MR) is 46.9 cm³/mol. The SMILES string of the molecule is c1snnc1C1CC2CCN1C2. The summed E-state index contributed by atoms with van der Waals surface area (Å²) in [6.45, 7) is 2.56. The van der Waals surface area contributed by atoms with Crippen molar-refractivity contribution in [1.82, 2.24) is 14.5 Å².